The molecule has 1 aromatic carbocycles. The molecule has 0 bridgehead atoms. The Bertz CT molecular complexity index is 331. The van der Waals surface area contributed by atoms with Crippen LogP contribution in [0.15, 0.2) is 24.3 Å². The zero-order valence-corrected chi connectivity index (χ0v) is 8.29. The van der Waals surface area contributed by atoms with Crippen molar-refractivity contribution in [3.63, 3.8) is 0 Å². The monoisotopic (exact) mass is 188 g/mol. The molecule has 3 rings (SSSR count). The molecule has 1 heterocycles. The molecule has 0 aromatic heterocycles. The lowest BCUT2D eigenvalue weighted by atomic mass is 10.1. The molecule has 0 radical (unpaired) electrons. The first-order valence-corrected chi connectivity index (χ1v) is 5.53. The van der Waals surface area contributed by atoms with Crippen molar-refractivity contribution >= 4 is 11.4 Å². The molecule has 0 saturated heterocycles. The minimum Gasteiger partial charge on any atom is -0.383 e. The van der Waals surface area contributed by atoms with Crippen LogP contribution in [0.1, 0.15) is 19.3 Å². The summed E-state index contributed by atoms with van der Waals surface area (Å²) in [6, 6.07) is 9.21. The van der Waals surface area contributed by atoms with E-state index in [9.17, 15) is 0 Å². The Morgan fingerprint density at radius 3 is 2.57 bits per heavy atom. The highest BCUT2D eigenvalue weighted by Crippen LogP contribution is 2.38. The van der Waals surface area contributed by atoms with E-state index in [1.807, 2.05) is 0 Å². The van der Waals surface area contributed by atoms with Crippen molar-refractivity contribution in [1.29, 1.82) is 0 Å². The highest BCUT2D eigenvalue weighted by atomic mass is 15.0. The standard InChI is InChI=1S/C12H16N2/c1-2-4-12-11(3-1)13-8-7-10(14-12)9-5-6-9/h1-4,9-10,13-14H,5-8H2. The zero-order chi connectivity index (χ0) is 9.38. The minimum atomic E-state index is 0.700. The van der Waals surface area contributed by atoms with Crippen molar-refractivity contribution in [3.8, 4) is 0 Å². The summed E-state index contributed by atoms with van der Waals surface area (Å²) >= 11 is 0. The number of hydrogen-bond acceptors (Lipinski definition) is 2. The van der Waals surface area contributed by atoms with E-state index in [2.05, 4.69) is 34.9 Å². The van der Waals surface area contributed by atoms with E-state index in [1.54, 1.807) is 0 Å². The van der Waals surface area contributed by atoms with Crippen LogP contribution in [0, 0.1) is 5.92 Å². The maximum atomic E-state index is 3.66. The molecule has 1 fully saturated rings. The van der Waals surface area contributed by atoms with Gasteiger partial charge in [-0.25, -0.2) is 0 Å². The number of para-hydroxylation sites is 2. The first-order valence-electron chi connectivity index (χ1n) is 5.53. The summed E-state index contributed by atoms with van der Waals surface area (Å²) in [5, 5.41) is 7.13. The predicted molar refractivity (Wildman–Crippen MR) is 59.7 cm³/mol. The molecule has 1 atom stereocenters. The Morgan fingerprint density at radius 1 is 1.00 bits per heavy atom. The van der Waals surface area contributed by atoms with Crippen LogP contribution in [0.4, 0.5) is 11.4 Å². The van der Waals surface area contributed by atoms with Gasteiger partial charge in [0.2, 0.25) is 0 Å². The fraction of sp³-hybridized carbons (Fsp3) is 0.500. The van der Waals surface area contributed by atoms with Gasteiger partial charge in [-0.05, 0) is 37.3 Å². The Kier molecular flexibility index (Phi) is 1.86. The molecule has 2 nitrogen and oxygen atoms in total. The van der Waals surface area contributed by atoms with Gasteiger partial charge in [0, 0.05) is 12.6 Å². The van der Waals surface area contributed by atoms with Crippen LogP contribution in [0.25, 0.3) is 0 Å². The van der Waals surface area contributed by atoms with Crippen LogP contribution in [-0.2, 0) is 0 Å². The molecule has 1 aromatic rings. The lowest BCUT2D eigenvalue weighted by molar-refractivity contribution is 0.609. The van der Waals surface area contributed by atoms with Crippen molar-refractivity contribution in [3.05, 3.63) is 24.3 Å². The van der Waals surface area contributed by atoms with Crippen LogP contribution in [0.5, 0.6) is 0 Å². The van der Waals surface area contributed by atoms with Gasteiger partial charge in [0.25, 0.3) is 0 Å². The molecule has 14 heavy (non-hydrogen) atoms. The van der Waals surface area contributed by atoms with E-state index in [-0.39, 0.29) is 0 Å². The fourth-order valence-corrected chi connectivity index (χ4v) is 2.25. The van der Waals surface area contributed by atoms with Crippen molar-refractivity contribution in [2.75, 3.05) is 17.2 Å². The third kappa shape index (κ3) is 1.45. The summed E-state index contributed by atoms with van der Waals surface area (Å²) in [7, 11) is 0. The lowest BCUT2D eigenvalue weighted by Gasteiger charge is -2.16. The summed E-state index contributed by atoms with van der Waals surface area (Å²) in [6.07, 6.45) is 4.08. The molecule has 0 spiro atoms. The van der Waals surface area contributed by atoms with E-state index in [0.29, 0.717) is 6.04 Å². The number of anilines is 2. The second-order valence-electron chi connectivity index (χ2n) is 4.35. The smallest absolute Gasteiger partial charge is 0.0578 e. The molecule has 1 unspecified atom stereocenters. The van der Waals surface area contributed by atoms with Gasteiger partial charge < -0.3 is 10.6 Å². The first kappa shape index (κ1) is 8.16. The Morgan fingerprint density at radius 2 is 1.79 bits per heavy atom. The maximum Gasteiger partial charge on any atom is 0.0578 e. The van der Waals surface area contributed by atoms with Gasteiger partial charge in [-0.3, -0.25) is 0 Å². The number of benzene rings is 1. The van der Waals surface area contributed by atoms with E-state index in [1.165, 1.54) is 30.6 Å². The van der Waals surface area contributed by atoms with Gasteiger partial charge in [-0.1, -0.05) is 12.1 Å². The number of nitrogens with one attached hydrogen (secondary N) is 2. The van der Waals surface area contributed by atoms with Gasteiger partial charge >= 0.3 is 0 Å². The van der Waals surface area contributed by atoms with E-state index in [0.717, 1.165) is 12.5 Å². The van der Waals surface area contributed by atoms with E-state index < -0.39 is 0 Å². The molecule has 2 aliphatic rings. The van der Waals surface area contributed by atoms with E-state index in [4.69, 9.17) is 0 Å². The average molecular weight is 188 g/mol. The molecule has 1 aliphatic carbocycles. The van der Waals surface area contributed by atoms with E-state index >= 15 is 0 Å². The van der Waals surface area contributed by atoms with Crippen LogP contribution < -0.4 is 10.6 Å². The lowest BCUT2D eigenvalue weighted by Crippen LogP contribution is -2.21. The highest BCUT2D eigenvalue weighted by molar-refractivity contribution is 5.69. The summed E-state index contributed by atoms with van der Waals surface area (Å²) in [4.78, 5) is 0. The normalized spacial score (nSPS) is 25.6. The Balaban J connectivity index is 1.86. The summed E-state index contributed by atoms with van der Waals surface area (Å²) in [6.45, 7) is 1.10. The second-order valence-corrected chi connectivity index (χ2v) is 4.35. The first-order chi connectivity index (χ1) is 6.93. The molecule has 74 valence electrons. The summed E-state index contributed by atoms with van der Waals surface area (Å²) in [5.74, 6) is 0.933. The molecular weight excluding hydrogens is 172 g/mol. The van der Waals surface area contributed by atoms with Gasteiger partial charge in [-0.2, -0.15) is 0 Å². The van der Waals surface area contributed by atoms with Crippen LogP contribution in [-0.4, -0.2) is 12.6 Å². The second kappa shape index (κ2) is 3.19. The molecule has 2 N–H and O–H groups in total. The van der Waals surface area contributed by atoms with Gasteiger partial charge in [0.1, 0.15) is 0 Å². The predicted octanol–water partition coefficient (Wildman–Crippen LogP) is 2.69. The Hall–Kier alpha value is -1.18. The van der Waals surface area contributed by atoms with Crippen LogP contribution in [0.2, 0.25) is 0 Å². The van der Waals surface area contributed by atoms with Crippen LogP contribution >= 0.6 is 0 Å². The highest BCUT2D eigenvalue weighted by Gasteiger charge is 2.31. The van der Waals surface area contributed by atoms with Gasteiger partial charge in [0.15, 0.2) is 0 Å². The third-order valence-corrected chi connectivity index (χ3v) is 3.23. The quantitative estimate of drug-likeness (QED) is 0.708. The molecule has 1 saturated carbocycles. The largest absolute Gasteiger partial charge is 0.383 e. The molecule has 1 aliphatic heterocycles. The maximum absolute atomic E-state index is 3.66. The van der Waals surface area contributed by atoms with Crippen molar-refractivity contribution in [2.24, 2.45) is 5.92 Å². The number of fused-ring (bicyclic) bond motifs is 1. The SMILES string of the molecule is c1ccc2c(c1)NCCC(C1CC1)N2. The zero-order valence-electron chi connectivity index (χ0n) is 8.29. The topological polar surface area (TPSA) is 24.1 Å². The third-order valence-electron chi connectivity index (χ3n) is 3.23. The summed E-state index contributed by atoms with van der Waals surface area (Å²) < 4.78 is 0. The molecule has 2 heteroatoms. The van der Waals surface area contributed by atoms with Gasteiger partial charge in [-0.15, -0.1) is 0 Å². The van der Waals surface area contributed by atoms with Crippen molar-refractivity contribution in [2.45, 2.75) is 25.3 Å². The summed E-state index contributed by atoms with van der Waals surface area (Å²) in [5.41, 5.74) is 2.54. The average Bonchev–Trinajstić information content (AvgIpc) is 3.04. The molecular formula is C12H16N2. The molecule has 0 amide bonds. The number of rotatable bonds is 1. The number of hydrogen-bond donors (Lipinski definition) is 2. The van der Waals surface area contributed by atoms with Gasteiger partial charge in [0.05, 0.1) is 11.4 Å². The van der Waals surface area contributed by atoms with Crippen LogP contribution in [0.3, 0.4) is 0 Å². The van der Waals surface area contributed by atoms with Crippen molar-refractivity contribution in [1.82, 2.24) is 0 Å². The van der Waals surface area contributed by atoms with Crippen molar-refractivity contribution < 1.29 is 0 Å². The fourth-order valence-electron chi connectivity index (χ4n) is 2.25. The Labute approximate surface area is 84.7 Å². The minimum absolute atomic E-state index is 0.700.